The molecular formula is C18H27FIN5O. The van der Waals surface area contributed by atoms with Gasteiger partial charge in [-0.3, -0.25) is 9.79 Å². The van der Waals surface area contributed by atoms with Crippen LogP contribution in [-0.4, -0.2) is 74.5 Å². The van der Waals surface area contributed by atoms with Crippen LogP contribution in [0.4, 0.5) is 10.1 Å². The third-order valence-corrected chi connectivity index (χ3v) is 4.84. The first-order valence-electron chi connectivity index (χ1n) is 8.91. The van der Waals surface area contributed by atoms with Gasteiger partial charge in [0.25, 0.3) is 0 Å². The number of nitrogens with zero attached hydrogens (tertiary/aromatic N) is 4. The van der Waals surface area contributed by atoms with E-state index in [-0.39, 0.29) is 35.7 Å². The number of benzene rings is 1. The van der Waals surface area contributed by atoms with Crippen molar-refractivity contribution in [3.63, 3.8) is 0 Å². The first-order chi connectivity index (χ1) is 12.2. The molecule has 0 aromatic heterocycles. The van der Waals surface area contributed by atoms with E-state index < -0.39 is 0 Å². The third kappa shape index (κ3) is 5.21. The highest BCUT2D eigenvalue weighted by Crippen LogP contribution is 2.17. The molecule has 8 heteroatoms. The van der Waals surface area contributed by atoms with E-state index in [1.807, 2.05) is 17.0 Å². The van der Waals surface area contributed by atoms with Crippen molar-refractivity contribution in [1.82, 2.24) is 15.1 Å². The molecular weight excluding hydrogens is 448 g/mol. The van der Waals surface area contributed by atoms with Crippen LogP contribution in [-0.2, 0) is 4.79 Å². The molecule has 1 amide bonds. The van der Waals surface area contributed by atoms with Crippen molar-refractivity contribution in [2.24, 2.45) is 4.99 Å². The smallest absolute Gasteiger partial charge is 0.241 e. The summed E-state index contributed by atoms with van der Waals surface area (Å²) in [5.41, 5.74) is 1.04. The Morgan fingerprint density at radius 3 is 2.23 bits per heavy atom. The van der Waals surface area contributed by atoms with Gasteiger partial charge in [-0.2, -0.15) is 0 Å². The van der Waals surface area contributed by atoms with E-state index in [0.717, 1.165) is 63.8 Å². The highest BCUT2D eigenvalue weighted by Gasteiger charge is 2.22. The second-order valence-corrected chi connectivity index (χ2v) is 6.44. The molecule has 1 aromatic carbocycles. The topological polar surface area (TPSA) is 51.2 Å². The number of nitrogens with one attached hydrogen (secondary N) is 1. The Morgan fingerprint density at radius 1 is 1.04 bits per heavy atom. The summed E-state index contributed by atoms with van der Waals surface area (Å²) in [6, 6.07) is 6.61. The highest BCUT2D eigenvalue weighted by atomic mass is 127. The van der Waals surface area contributed by atoms with Gasteiger partial charge in [0.05, 0.1) is 6.54 Å². The summed E-state index contributed by atoms with van der Waals surface area (Å²) in [7, 11) is 1.75. The molecule has 1 N–H and O–H groups in total. The first kappa shape index (κ1) is 20.7. The van der Waals surface area contributed by atoms with Crippen molar-refractivity contribution in [2.75, 3.05) is 57.8 Å². The number of guanidine groups is 1. The lowest BCUT2D eigenvalue weighted by atomic mass is 10.2. The molecule has 144 valence electrons. The maximum Gasteiger partial charge on any atom is 0.241 e. The Morgan fingerprint density at radius 2 is 1.65 bits per heavy atom. The minimum atomic E-state index is -0.213. The zero-order valence-corrected chi connectivity index (χ0v) is 17.5. The Labute approximate surface area is 171 Å². The van der Waals surface area contributed by atoms with Gasteiger partial charge in [-0.05, 0) is 37.1 Å². The zero-order chi connectivity index (χ0) is 17.6. The summed E-state index contributed by atoms with van der Waals surface area (Å²) in [6.07, 6.45) is 2.21. The maximum atomic E-state index is 13.0. The van der Waals surface area contributed by atoms with E-state index in [1.165, 1.54) is 12.1 Å². The number of halogens is 2. The SMILES string of the molecule is CN=C(NCC(=O)N1CCCC1)N1CCN(c2ccc(F)cc2)CC1.I. The van der Waals surface area contributed by atoms with Gasteiger partial charge in [-0.15, -0.1) is 24.0 Å². The summed E-state index contributed by atoms with van der Waals surface area (Å²) in [5, 5.41) is 3.19. The second-order valence-electron chi connectivity index (χ2n) is 6.44. The van der Waals surface area contributed by atoms with Crippen LogP contribution in [0.15, 0.2) is 29.3 Å². The molecule has 2 saturated heterocycles. The van der Waals surface area contributed by atoms with E-state index >= 15 is 0 Å². The van der Waals surface area contributed by atoms with Gasteiger partial charge in [0, 0.05) is 52.0 Å². The molecule has 0 bridgehead atoms. The molecule has 0 radical (unpaired) electrons. The van der Waals surface area contributed by atoms with Crippen molar-refractivity contribution in [3.05, 3.63) is 30.1 Å². The number of carbonyl (C=O) groups is 1. The normalized spacial score (nSPS) is 17.9. The molecule has 26 heavy (non-hydrogen) atoms. The average Bonchev–Trinajstić information content (AvgIpc) is 3.18. The molecule has 6 nitrogen and oxygen atoms in total. The summed E-state index contributed by atoms with van der Waals surface area (Å²) in [5.74, 6) is 0.699. The fourth-order valence-corrected chi connectivity index (χ4v) is 3.39. The van der Waals surface area contributed by atoms with Crippen LogP contribution in [0, 0.1) is 5.82 Å². The summed E-state index contributed by atoms with van der Waals surface area (Å²) >= 11 is 0. The molecule has 2 aliphatic heterocycles. The number of likely N-dealkylation sites (tertiary alicyclic amines) is 1. The Kier molecular flexibility index (Phi) is 7.92. The van der Waals surface area contributed by atoms with E-state index in [9.17, 15) is 9.18 Å². The molecule has 0 aliphatic carbocycles. The van der Waals surface area contributed by atoms with Crippen LogP contribution in [0.3, 0.4) is 0 Å². The van der Waals surface area contributed by atoms with Crippen LogP contribution in [0.25, 0.3) is 0 Å². The van der Waals surface area contributed by atoms with E-state index in [2.05, 4.69) is 20.1 Å². The van der Waals surface area contributed by atoms with Crippen LogP contribution in [0.5, 0.6) is 0 Å². The molecule has 2 heterocycles. The number of anilines is 1. The van der Waals surface area contributed by atoms with Gasteiger partial charge in [0.1, 0.15) is 5.82 Å². The quantitative estimate of drug-likeness (QED) is 0.412. The number of hydrogen-bond donors (Lipinski definition) is 1. The van der Waals surface area contributed by atoms with Gasteiger partial charge < -0.3 is 20.0 Å². The standard InChI is InChI=1S/C18H26FN5O.HI/c1-20-18(21-14-17(25)23-8-2-3-9-23)24-12-10-22(11-13-24)16-6-4-15(19)5-7-16;/h4-7H,2-3,8-14H2,1H3,(H,20,21);1H. The van der Waals surface area contributed by atoms with Crippen molar-refractivity contribution in [2.45, 2.75) is 12.8 Å². The summed E-state index contributed by atoms with van der Waals surface area (Å²) in [4.78, 5) is 22.8. The molecule has 0 saturated carbocycles. The van der Waals surface area contributed by atoms with Gasteiger partial charge in [0.15, 0.2) is 5.96 Å². The second kappa shape index (κ2) is 9.94. The van der Waals surface area contributed by atoms with Crippen LogP contribution < -0.4 is 10.2 Å². The number of hydrogen-bond acceptors (Lipinski definition) is 3. The van der Waals surface area contributed by atoms with Crippen molar-refractivity contribution in [1.29, 1.82) is 0 Å². The summed E-state index contributed by atoms with van der Waals surface area (Å²) in [6.45, 7) is 5.35. The molecule has 2 fully saturated rings. The first-order valence-corrected chi connectivity index (χ1v) is 8.91. The number of rotatable bonds is 3. The molecule has 3 rings (SSSR count). The zero-order valence-electron chi connectivity index (χ0n) is 15.2. The van der Waals surface area contributed by atoms with Crippen LogP contribution >= 0.6 is 24.0 Å². The number of carbonyl (C=O) groups excluding carboxylic acids is 1. The lowest BCUT2D eigenvalue weighted by Crippen LogP contribution is -2.53. The lowest BCUT2D eigenvalue weighted by Gasteiger charge is -2.37. The van der Waals surface area contributed by atoms with E-state index in [1.54, 1.807) is 7.05 Å². The van der Waals surface area contributed by atoms with E-state index in [0.29, 0.717) is 6.54 Å². The van der Waals surface area contributed by atoms with Crippen LogP contribution in [0.1, 0.15) is 12.8 Å². The Bertz CT molecular complexity index is 611. The monoisotopic (exact) mass is 475 g/mol. The number of amides is 1. The van der Waals surface area contributed by atoms with Crippen LogP contribution in [0.2, 0.25) is 0 Å². The van der Waals surface area contributed by atoms with Gasteiger partial charge in [0.2, 0.25) is 5.91 Å². The third-order valence-electron chi connectivity index (χ3n) is 4.84. The predicted octanol–water partition coefficient (Wildman–Crippen LogP) is 1.76. The summed E-state index contributed by atoms with van der Waals surface area (Å²) < 4.78 is 13.0. The molecule has 0 unspecified atom stereocenters. The van der Waals surface area contributed by atoms with E-state index in [4.69, 9.17) is 0 Å². The molecule has 0 atom stereocenters. The lowest BCUT2D eigenvalue weighted by molar-refractivity contribution is -0.128. The van der Waals surface area contributed by atoms with Crippen molar-refractivity contribution < 1.29 is 9.18 Å². The fourth-order valence-electron chi connectivity index (χ4n) is 3.39. The number of piperazine rings is 1. The predicted molar refractivity (Wildman–Crippen MR) is 113 cm³/mol. The molecule has 2 aliphatic rings. The fraction of sp³-hybridized carbons (Fsp3) is 0.556. The van der Waals surface area contributed by atoms with Crippen molar-refractivity contribution >= 4 is 41.5 Å². The molecule has 1 aromatic rings. The largest absolute Gasteiger partial charge is 0.368 e. The minimum Gasteiger partial charge on any atom is -0.368 e. The maximum absolute atomic E-state index is 13.0. The molecule has 0 spiro atoms. The van der Waals surface area contributed by atoms with Gasteiger partial charge in [-0.25, -0.2) is 4.39 Å². The highest BCUT2D eigenvalue weighted by molar-refractivity contribution is 14.0. The van der Waals surface area contributed by atoms with Crippen molar-refractivity contribution in [3.8, 4) is 0 Å². The van der Waals surface area contributed by atoms with Gasteiger partial charge >= 0.3 is 0 Å². The van der Waals surface area contributed by atoms with Gasteiger partial charge in [-0.1, -0.05) is 0 Å². The Balaban J connectivity index is 0.00000243. The number of aliphatic imine (C=N–C) groups is 1. The minimum absolute atomic E-state index is 0. The Hall–Kier alpha value is -1.58. The average molecular weight is 475 g/mol.